The van der Waals surface area contributed by atoms with E-state index in [0.29, 0.717) is 0 Å². The van der Waals surface area contributed by atoms with Gasteiger partial charge < -0.3 is 4.74 Å². The minimum Gasteiger partial charge on any atom is -0.453 e. The number of aromatic nitrogens is 2. The van der Waals surface area contributed by atoms with Crippen LogP contribution >= 0.6 is 0 Å². The van der Waals surface area contributed by atoms with Gasteiger partial charge in [0.1, 0.15) is 0 Å². The molecule has 19 heavy (non-hydrogen) atoms. The first-order valence-corrected chi connectivity index (χ1v) is 5.96. The molecule has 0 aliphatic rings. The number of nitrogens with one attached hydrogen (secondary N) is 1. The van der Waals surface area contributed by atoms with Gasteiger partial charge in [0, 0.05) is 13.3 Å². The van der Waals surface area contributed by atoms with Crippen LogP contribution in [0.25, 0.3) is 0 Å². The average Bonchev–Trinajstić information content (AvgIpc) is 2.88. The van der Waals surface area contributed by atoms with Crippen LogP contribution in [-0.4, -0.2) is 18.5 Å². The van der Waals surface area contributed by atoms with Gasteiger partial charge >= 0.3 is 12.0 Å². The predicted molar refractivity (Wildman–Crippen MR) is 67.6 cm³/mol. The monoisotopic (exact) mass is 262 g/mol. The molecule has 0 fully saturated rings. The molecule has 1 atom stereocenters. The SMILES string of the molecule is COC(=O)Nc1c[n+](C(C)Cc2ccccc2)no1. The Kier molecular flexibility index (Phi) is 4.12. The number of anilines is 1. The normalized spacial score (nSPS) is 11.9. The van der Waals surface area contributed by atoms with E-state index in [1.807, 2.05) is 25.1 Å². The molecule has 6 heteroatoms. The molecule has 100 valence electrons. The maximum atomic E-state index is 11.0. The van der Waals surface area contributed by atoms with Crippen LogP contribution in [0.15, 0.2) is 41.1 Å². The van der Waals surface area contributed by atoms with E-state index in [-0.39, 0.29) is 11.9 Å². The van der Waals surface area contributed by atoms with E-state index >= 15 is 0 Å². The van der Waals surface area contributed by atoms with Crippen molar-refractivity contribution in [2.75, 3.05) is 12.4 Å². The predicted octanol–water partition coefficient (Wildman–Crippen LogP) is 1.94. The van der Waals surface area contributed by atoms with E-state index in [4.69, 9.17) is 4.52 Å². The molecule has 0 saturated heterocycles. The Hall–Kier alpha value is -2.37. The van der Waals surface area contributed by atoms with E-state index in [1.165, 1.54) is 12.7 Å². The highest BCUT2D eigenvalue weighted by Crippen LogP contribution is 2.09. The van der Waals surface area contributed by atoms with Crippen molar-refractivity contribution in [1.82, 2.24) is 5.27 Å². The molecular formula is C13H16N3O3+. The van der Waals surface area contributed by atoms with Crippen molar-refractivity contribution in [2.45, 2.75) is 19.4 Å². The van der Waals surface area contributed by atoms with Crippen LogP contribution in [0, 0.1) is 0 Å². The van der Waals surface area contributed by atoms with Crippen molar-refractivity contribution in [2.24, 2.45) is 0 Å². The number of methoxy groups -OCH3 is 1. The lowest BCUT2D eigenvalue weighted by molar-refractivity contribution is -0.782. The summed E-state index contributed by atoms with van der Waals surface area (Å²) < 4.78 is 11.1. The summed E-state index contributed by atoms with van der Waals surface area (Å²) in [5, 5.41) is 6.29. The fraction of sp³-hybridized carbons (Fsp3) is 0.308. The maximum Gasteiger partial charge on any atom is 0.413 e. The zero-order valence-electron chi connectivity index (χ0n) is 10.9. The molecule has 1 N–H and O–H groups in total. The molecule has 6 nitrogen and oxygen atoms in total. The number of benzene rings is 1. The number of carbonyl (C=O) groups is 1. The Morgan fingerprint density at radius 2 is 2.21 bits per heavy atom. The molecule has 0 aliphatic heterocycles. The van der Waals surface area contributed by atoms with Gasteiger partial charge in [-0.05, 0) is 10.2 Å². The molecule has 1 heterocycles. The lowest BCUT2D eigenvalue weighted by Crippen LogP contribution is -2.40. The third-order valence-corrected chi connectivity index (χ3v) is 2.72. The van der Waals surface area contributed by atoms with Gasteiger partial charge in [0.25, 0.3) is 6.20 Å². The molecule has 0 aliphatic carbocycles. The Bertz CT molecular complexity index is 539. The third-order valence-electron chi connectivity index (χ3n) is 2.72. The highest BCUT2D eigenvalue weighted by Gasteiger charge is 2.20. The van der Waals surface area contributed by atoms with Crippen LogP contribution in [-0.2, 0) is 11.2 Å². The van der Waals surface area contributed by atoms with Crippen LogP contribution < -0.4 is 10.00 Å². The number of amides is 1. The van der Waals surface area contributed by atoms with E-state index in [9.17, 15) is 4.79 Å². The fourth-order valence-corrected chi connectivity index (χ4v) is 1.72. The molecule has 2 aromatic rings. The van der Waals surface area contributed by atoms with Crippen molar-refractivity contribution in [3.05, 3.63) is 42.1 Å². The van der Waals surface area contributed by atoms with Crippen molar-refractivity contribution in [3.8, 4) is 0 Å². The Morgan fingerprint density at radius 3 is 2.89 bits per heavy atom. The molecule has 1 aromatic heterocycles. The molecule has 1 amide bonds. The second kappa shape index (κ2) is 5.99. The summed E-state index contributed by atoms with van der Waals surface area (Å²) >= 11 is 0. The van der Waals surface area contributed by atoms with E-state index in [1.54, 1.807) is 10.9 Å². The second-order valence-corrected chi connectivity index (χ2v) is 4.20. The average molecular weight is 262 g/mol. The van der Waals surface area contributed by atoms with Crippen molar-refractivity contribution in [3.63, 3.8) is 0 Å². The van der Waals surface area contributed by atoms with Crippen molar-refractivity contribution >= 4 is 12.0 Å². The molecule has 1 aromatic carbocycles. The van der Waals surface area contributed by atoms with Gasteiger partial charge in [-0.25, -0.2) is 4.79 Å². The summed E-state index contributed by atoms with van der Waals surface area (Å²) in [6.45, 7) is 2.03. The number of hydrogen-bond acceptors (Lipinski definition) is 4. The van der Waals surface area contributed by atoms with Crippen LogP contribution in [0.3, 0.4) is 0 Å². The van der Waals surface area contributed by atoms with Crippen LogP contribution in [0.1, 0.15) is 18.5 Å². The van der Waals surface area contributed by atoms with Gasteiger partial charge in [-0.15, -0.1) is 0 Å². The van der Waals surface area contributed by atoms with Crippen LogP contribution in [0.4, 0.5) is 10.7 Å². The zero-order chi connectivity index (χ0) is 13.7. The second-order valence-electron chi connectivity index (χ2n) is 4.20. The summed E-state index contributed by atoms with van der Waals surface area (Å²) in [5.41, 5.74) is 1.22. The van der Waals surface area contributed by atoms with Crippen molar-refractivity contribution in [1.29, 1.82) is 0 Å². The number of rotatable bonds is 4. The highest BCUT2D eigenvalue weighted by atomic mass is 16.5. The van der Waals surface area contributed by atoms with Gasteiger partial charge in [-0.2, -0.15) is 0 Å². The summed E-state index contributed by atoms with van der Waals surface area (Å²) in [6, 6.07) is 10.2. The number of ether oxygens (including phenoxy) is 1. The van der Waals surface area contributed by atoms with Gasteiger partial charge in [-0.1, -0.05) is 30.3 Å². The lowest BCUT2D eigenvalue weighted by atomic mass is 10.1. The topological polar surface area (TPSA) is 68.2 Å². The Morgan fingerprint density at radius 1 is 1.47 bits per heavy atom. The molecule has 0 bridgehead atoms. The summed E-state index contributed by atoms with van der Waals surface area (Å²) in [5.74, 6) is 0.256. The van der Waals surface area contributed by atoms with Gasteiger partial charge in [-0.3, -0.25) is 9.84 Å². The van der Waals surface area contributed by atoms with Crippen molar-refractivity contribution < 1.29 is 18.7 Å². The van der Waals surface area contributed by atoms with Crippen LogP contribution in [0.5, 0.6) is 0 Å². The summed E-state index contributed by atoms with van der Waals surface area (Å²) in [7, 11) is 1.29. The standard InChI is InChI=1S/C13H15N3O3/c1-10(8-11-6-4-3-5-7-11)16-9-12(19-15-16)14-13(17)18-2/h3-7,9-10H,8H2,1-2H3/p+1. The summed E-state index contributed by atoms with van der Waals surface area (Å²) in [4.78, 5) is 11.0. The van der Waals surface area contributed by atoms with E-state index < -0.39 is 6.09 Å². The number of carbonyl (C=O) groups excluding carboxylic acids is 1. The smallest absolute Gasteiger partial charge is 0.413 e. The quantitative estimate of drug-likeness (QED) is 0.855. The van der Waals surface area contributed by atoms with Crippen LogP contribution in [0.2, 0.25) is 0 Å². The summed E-state index contributed by atoms with van der Waals surface area (Å²) in [6.07, 6.45) is 1.87. The lowest BCUT2D eigenvalue weighted by Gasteiger charge is -2.01. The molecular weight excluding hydrogens is 246 g/mol. The largest absolute Gasteiger partial charge is 0.453 e. The maximum absolute atomic E-state index is 11.0. The van der Waals surface area contributed by atoms with E-state index in [2.05, 4.69) is 27.5 Å². The molecule has 0 saturated carbocycles. The first kappa shape index (κ1) is 13.1. The molecule has 1 unspecified atom stereocenters. The first-order valence-electron chi connectivity index (χ1n) is 5.96. The minimum atomic E-state index is -0.584. The Labute approximate surface area is 111 Å². The van der Waals surface area contributed by atoms with Gasteiger partial charge in [0.05, 0.1) is 7.11 Å². The Balaban J connectivity index is 2.00. The zero-order valence-corrected chi connectivity index (χ0v) is 10.9. The minimum absolute atomic E-state index is 0.124. The fourth-order valence-electron chi connectivity index (χ4n) is 1.72. The highest BCUT2D eigenvalue weighted by molar-refractivity contribution is 5.82. The molecule has 0 spiro atoms. The van der Waals surface area contributed by atoms with Gasteiger partial charge in [0.15, 0.2) is 6.04 Å². The third kappa shape index (κ3) is 3.54. The molecule has 2 rings (SSSR count). The van der Waals surface area contributed by atoms with E-state index in [0.717, 1.165) is 6.42 Å². The molecule has 0 radical (unpaired) electrons. The number of hydrogen-bond donors (Lipinski definition) is 1. The number of nitrogens with zero attached hydrogens (tertiary/aromatic N) is 2. The van der Waals surface area contributed by atoms with Gasteiger partial charge in [0.2, 0.25) is 5.27 Å². The first-order chi connectivity index (χ1) is 9.19.